The Balaban J connectivity index is 2.42. The summed E-state index contributed by atoms with van der Waals surface area (Å²) in [5.74, 6) is 1.95. The standard InChI is InChI=1S/C11H22N4S/c1-5-15-10(13-8-14-15)6-9(12)7-16-11(2,3)4/h8-9H,5-7,12H2,1-4H3. The van der Waals surface area contributed by atoms with E-state index in [-0.39, 0.29) is 10.8 Å². The second-order valence-corrected chi connectivity index (χ2v) is 6.73. The van der Waals surface area contributed by atoms with E-state index in [1.807, 2.05) is 16.4 Å². The summed E-state index contributed by atoms with van der Waals surface area (Å²) < 4.78 is 2.18. The van der Waals surface area contributed by atoms with Gasteiger partial charge >= 0.3 is 0 Å². The fourth-order valence-electron chi connectivity index (χ4n) is 1.36. The number of hydrogen-bond acceptors (Lipinski definition) is 4. The average Bonchev–Trinajstić information content (AvgIpc) is 2.61. The number of nitrogens with two attached hydrogens (primary N) is 1. The van der Waals surface area contributed by atoms with E-state index in [9.17, 15) is 0 Å². The lowest BCUT2D eigenvalue weighted by molar-refractivity contribution is 0.588. The molecule has 4 nitrogen and oxygen atoms in total. The lowest BCUT2D eigenvalue weighted by atomic mass is 10.2. The summed E-state index contributed by atoms with van der Waals surface area (Å²) in [6.45, 7) is 9.54. The van der Waals surface area contributed by atoms with Gasteiger partial charge in [0.1, 0.15) is 12.2 Å². The first-order chi connectivity index (χ1) is 7.42. The molecule has 1 rings (SSSR count). The zero-order valence-electron chi connectivity index (χ0n) is 10.6. The van der Waals surface area contributed by atoms with Crippen LogP contribution in [0.1, 0.15) is 33.5 Å². The number of aromatic nitrogens is 3. The van der Waals surface area contributed by atoms with Crippen LogP contribution in [0.3, 0.4) is 0 Å². The largest absolute Gasteiger partial charge is 0.327 e. The van der Waals surface area contributed by atoms with Gasteiger partial charge in [-0.2, -0.15) is 16.9 Å². The number of nitrogens with zero attached hydrogens (tertiary/aromatic N) is 3. The van der Waals surface area contributed by atoms with Crippen molar-refractivity contribution in [1.82, 2.24) is 14.8 Å². The summed E-state index contributed by atoms with van der Waals surface area (Å²) in [5.41, 5.74) is 6.09. The molecule has 0 aliphatic carbocycles. The molecule has 1 aromatic rings. The van der Waals surface area contributed by atoms with Gasteiger partial charge in [-0.3, -0.25) is 4.68 Å². The lowest BCUT2D eigenvalue weighted by Crippen LogP contribution is -2.29. The first-order valence-electron chi connectivity index (χ1n) is 5.68. The van der Waals surface area contributed by atoms with Crippen LogP contribution in [0.4, 0.5) is 0 Å². The van der Waals surface area contributed by atoms with Crippen molar-refractivity contribution in [2.75, 3.05) is 5.75 Å². The summed E-state index contributed by atoms with van der Waals surface area (Å²) in [4.78, 5) is 4.23. The van der Waals surface area contributed by atoms with Crippen molar-refractivity contribution in [2.24, 2.45) is 5.73 Å². The van der Waals surface area contributed by atoms with Gasteiger partial charge in [-0.15, -0.1) is 0 Å². The maximum Gasteiger partial charge on any atom is 0.138 e. The van der Waals surface area contributed by atoms with Crippen molar-refractivity contribution in [1.29, 1.82) is 0 Å². The summed E-state index contributed by atoms with van der Waals surface area (Å²) in [5, 5.41) is 4.14. The SMILES string of the molecule is CCn1ncnc1CC(N)CSC(C)(C)C. The highest BCUT2D eigenvalue weighted by molar-refractivity contribution is 8.00. The summed E-state index contributed by atoms with van der Waals surface area (Å²) in [6, 6.07) is 0.152. The minimum absolute atomic E-state index is 0.152. The van der Waals surface area contributed by atoms with Crippen LogP contribution in [0.5, 0.6) is 0 Å². The smallest absolute Gasteiger partial charge is 0.138 e. The molecule has 0 saturated carbocycles. The van der Waals surface area contributed by atoms with Crippen LogP contribution in [0.2, 0.25) is 0 Å². The minimum atomic E-state index is 0.152. The van der Waals surface area contributed by atoms with E-state index in [0.717, 1.165) is 24.5 Å². The zero-order chi connectivity index (χ0) is 12.2. The zero-order valence-corrected chi connectivity index (χ0v) is 11.4. The van der Waals surface area contributed by atoms with Crippen LogP contribution in [-0.2, 0) is 13.0 Å². The van der Waals surface area contributed by atoms with Gasteiger partial charge in [-0.1, -0.05) is 20.8 Å². The predicted octanol–water partition coefficient (Wildman–Crippen LogP) is 1.70. The average molecular weight is 242 g/mol. The Morgan fingerprint density at radius 2 is 2.19 bits per heavy atom. The number of hydrogen-bond donors (Lipinski definition) is 1. The molecule has 2 N–H and O–H groups in total. The van der Waals surface area contributed by atoms with Crippen molar-refractivity contribution in [3.8, 4) is 0 Å². The number of thioether (sulfide) groups is 1. The van der Waals surface area contributed by atoms with Crippen molar-refractivity contribution < 1.29 is 0 Å². The van der Waals surface area contributed by atoms with E-state index in [1.54, 1.807) is 6.33 Å². The molecule has 0 aliphatic rings. The van der Waals surface area contributed by atoms with Gasteiger partial charge in [0.25, 0.3) is 0 Å². The van der Waals surface area contributed by atoms with Crippen LogP contribution >= 0.6 is 11.8 Å². The molecule has 0 aromatic carbocycles. The van der Waals surface area contributed by atoms with Gasteiger partial charge in [0.15, 0.2) is 0 Å². The van der Waals surface area contributed by atoms with E-state index < -0.39 is 0 Å². The first-order valence-corrected chi connectivity index (χ1v) is 6.67. The molecule has 0 radical (unpaired) electrons. The fraction of sp³-hybridized carbons (Fsp3) is 0.818. The molecule has 16 heavy (non-hydrogen) atoms. The molecule has 0 aliphatic heterocycles. The first kappa shape index (κ1) is 13.5. The fourth-order valence-corrected chi connectivity index (χ4v) is 2.19. The van der Waals surface area contributed by atoms with Crippen LogP contribution in [0.15, 0.2) is 6.33 Å². The molecule has 5 heteroatoms. The minimum Gasteiger partial charge on any atom is -0.327 e. The molecule has 0 spiro atoms. The van der Waals surface area contributed by atoms with Crippen LogP contribution < -0.4 is 5.73 Å². The van der Waals surface area contributed by atoms with Crippen molar-refractivity contribution in [3.63, 3.8) is 0 Å². The molecule has 1 heterocycles. The summed E-state index contributed by atoms with van der Waals surface area (Å²) >= 11 is 1.89. The molecule has 0 saturated heterocycles. The van der Waals surface area contributed by atoms with E-state index >= 15 is 0 Å². The number of aryl methyl sites for hydroxylation is 1. The molecular formula is C11H22N4S. The third-order valence-corrected chi connectivity index (χ3v) is 3.63. The molecule has 0 amide bonds. The highest BCUT2D eigenvalue weighted by Crippen LogP contribution is 2.23. The van der Waals surface area contributed by atoms with Gasteiger partial charge in [-0.05, 0) is 6.92 Å². The van der Waals surface area contributed by atoms with Gasteiger partial charge in [0, 0.05) is 29.5 Å². The molecule has 92 valence electrons. The van der Waals surface area contributed by atoms with E-state index in [2.05, 4.69) is 37.8 Å². The Labute approximate surface area is 102 Å². The molecule has 1 unspecified atom stereocenters. The maximum absolute atomic E-state index is 6.09. The Hall–Kier alpha value is -0.550. The van der Waals surface area contributed by atoms with Gasteiger partial charge < -0.3 is 5.73 Å². The van der Waals surface area contributed by atoms with E-state index in [0.29, 0.717) is 0 Å². The topological polar surface area (TPSA) is 56.7 Å². The normalized spacial score (nSPS) is 14.1. The summed E-state index contributed by atoms with van der Waals surface area (Å²) in [6.07, 6.45) is 2.40. The van der Waals surface area contributed by atoms with Gasteiger partial charge in [-0.25, -0.2) is 4.98 Å². The molecule has 0 bridgehead atoms. The molecule has 1 atom stereocenters. The monoisotopic (exact) mass is 242 g/mol. The van der Waals surface area contributed by atoms with Gasteiger partial charge in [0.2, 0.25) is 0 Å². The predicted molar refractivity (Wildman–Crippen MR) is 69.6 cm³/mol. The Kier molecular flexibility index (Phi) is 4.80. The third-order valence-electron chi connectivity index (χ3n) is 2.17. The second-order valence-electron chi connectivity index (χ2n) is 4.88. The van der Waals surface area contributed by atoms with Crippen LogP contribution in [0, 0.1) is 0 Å². The van der Waals surface area contributed by atoms with Crippen molar-refractivity contribution in [3.05, 3.63) is 12.2 Å². The highest BCUT2D eigenvalue weighted by Gasteiger charge is 2.15. The second kappa shape index (κ2) is 5.68. The lowest BCUT2D eigenvalue weighted by Gasteiger charge is -2.20. The third kappa shape index (κ3) is 4.53. The Morgan fingerprint density at radius 3 is 2.75 bits per heavy atom. The Morgan fingerprint density at radius 1 is 1.50 bits per heavy atom. The van der Waals surface area contributed by atoms with E-state index in [1.165, 1.54) is 0 Å². The summed E-state index contributed by atoms with van der Waals surface area (Å²) in [7, 11) is 0. The van der Waals surface area contributed by atoms with Gasteiger partial charge in [0.05, 0.1) is 0 Å². The van der Waals surface area contributed by atoms with Crippen molar-refractivity contribution in [2.45, 2.75) is 51.4 Å². The molecule has 1 aromatic heterocycles. The van der Waals surface area contributed by atoms with Crippen LogP contribution in [-0.4, -0.2) is 31.3 Å². The van der Waals surface area contributed by atoms with E-state index in [4.69, 9.17) is 5.73 Å². The Bertz CT molecular complexity index is 316. The maximum atomic E-state index is 6.09. The highest BCUT2D eigenvalue weighted by atomic mass is 32.2. The quantitative estimate of drug-likeness (QED) is 0.854. The van der Waals surface area contributed by atoms with Crippen molar-refractivity contribution >= 4 is 11.8 Å². The number of rotatable bonds is 5. The molecule has 0 fully saturated rings. The van der Waals surface area contributed by atoms with Crippen LogP contribution in [0.25, 0.3) is 0 Å². The molecular weight excluding hydrogens is 220 g/mol.